The molecule has 11 heteroatoms. The van der Waals surface area contributed by atoms with Crippen LogP contribution >= 0.6 is 0 Å². The van der Waals surface area contributed by atoms with Gasteiger partial charge in [-0.15, -0.1) is 0 Å². The van der Waals surface area contributed by atoms with E-state index < -0.39 is 39.6 Å². The van der Waals surface area contributed by atoms with Crippen LogP contribution in [0.15, 0.2) is 36.4 Å². The molecule has 0 aliphatic heterocycles. The number of halogens is 3. The molecular formula is C21H21F3O7S. The summed E-state index contributed by atoms with van der Waals surface area (Å²) in [5.41, 5.74) is -1.35. The van der Waals surface area contributed by atoms with Gasteiger partial charge in [-0.05, 0) is 63.1 Å². The van der Waals surface area contributed by atoms with Crippen LogP contribution in [0, 0.1) is 20.8 Å². The summed E-state index contributed by atoms with van der Waals surface area (Å²) in [7, 11) is -5.11. The van der Waals surface area contributed by atoms with E-state index in [9.17, 15) is 31.2 Å². The van der Waals surface area contributed by atoms with Crippen molar-refractivity contribution in [3.63, 3.8) is 0 Å². The van der Waals surface area contributed by atoms with Crippen molar-refractivity contribution in [2.75, 3.05) is 5.75 Å². The molecule has 1 N–H and O–H groups in total. The molecule has 2 aromatic carbocycles. The van der Waals surface area contributed by atoms with Gasteiger partial charge in [-0.2, -0.15) is 21.6 Å². The van der Waals surface area contributed by atoms with E-state index in [1.807, 2.05) is 19.1 Å². The van der Waals surface area contributed by atoms with Crippen LogP contribution in [0.3, 0.4) is 0 Å². The van der Waals surface area contributed by atoms with Crippen LogP contribution in [-0.4, -0.2) is 42.4 Å². The van der Waals surface area contributed by atoms with E-state index in [2.05, 4.69) is 4.74 Å². The Bertz CT molecular complexity index is 1120. The van der Waals surface area contributed by atoms with Gasteiger partial charge in [-0.1, -0.05) is 17.7 Å². The minimum atomic E-state index is -5.27. The van der Waals surface area contributed by atoms with Crippen LogP contribution in [0.4, 0.5) is 13.2 Å². The van der Waals surface area contributed by atoms with Crippen LogP contribution < -0.4 is 4.74 Å². The number of benzene rings is 2. The highest BCUT2D eigenvalue weighted by molar-refractivity contribution is 7.85. The Morgan fingerprint density at radius 3 is 1.78 bits per heavy atom. The SMILES string of the molecule is Cc1cc(C)c(OC(=O)c2ccc(C(=O)OC(C)(CS(=O)(=O)O)C(F)(F)F)cc2)c(C)c1. The first-order chi connectivity index (χ1) is 14.5. The molecule has 0 heterocycles. The largest absolute Gasteiger partial charge is 0.445 e. The van der Waals surface area contributed by atoms with Gasteiger partial charge >= 0.3 is 18.1 Å². The molecule has 0 radical (unpaired) electrons. The molecule has 0 aliphatic rings. The average molecular weight is 474 g/mol. The van der Waals surface area contributed by atoms with Crippen molar-refractivity contribution in [3.8, 4) is 5.75 Å². The van der Waals surface area contributed by atoms with Crippen molar-refractivity contribution >= 4 is 22.1 Å². The molecule has 1 unspecified atom stereocenters. The first-order valence-corrected chi connectivity index (χ1v) is 10.8. The van der Waals surface area contributed by atoms with E-state index in [1.54, 1.807) is 13.8 Å². The van der Waals surface area contributed by atoms with Crippen molar-refractivity contribution in [1.29, 1.82) is 0 Å². The van der Waals surface area contributed by atoms with Crippen LogP contribution in [0.5, 0.6) is 5.75 Å². The number of ether oxygens (including phenoxy) is 2. The summed E-state index contributed by atoms with van der Waals surface area (Å²) in [6.45, 7) is 5.76. The van der Waals surface area contributed by atoms with Crippen LogP contribution in [0.2, 0.25) is 0 Å². The Hall–Kier alpha value is -2.92. The number of hydrogen-bond acceptors (Lipinski definition) is 6. The molecule has 2 rings (SSSR count). The Labute approximate surface area is 182 Å². The molecular weight excluding hydrogens is 453 g/mol. The molecule has 32 heavy (non-hydrogen) atoms. The lowest BCUT2D eigenvalue weighted by Crippen LogP contribution is -2.51. The standard InChI is InChI=1S/C21H21F3O7S/c1-12-9-13(2)17(14(3)10-12)30-18(25)15-5-7-16(8-6-15)19(26)31-20(4,21(22,23)24)11-32(27,28)29/h5-10H,11H2,1-4H3,(H,27,28,29). The highest BCUT2D eigenvalue weighted by Gasteiger charge is 2.57. The summed E-state index contributed by atoms with van der Waals surface area (Å²) in [6, 6.07) is 8.06. The molecule has 0 aliphatic carbocycles. The first-order valence-electron chi connectivity index (χ1n) is 9.18. The Balaban J connectivity index is 2.21. The second-order valence-electron chi connectivity index (χ2n) is 7.54. The van der Waals surface area contributed by atoms with Gasteiger partial charge in [0.25, 0.3) is 10.1 Å². The Morgan fingerprint density at radius 1 is 0.938 bits per heavy atom. The Kier molecular flexibility index (Phi) is 7.05. The van der Waals surface area contributed by atoms with Crippen LogP contribution in [0.25, 0.3) is 0 Å². The lowest BCUT2D eigenvalue weighted by atomic mass is 10.1. The van der Waals surface area contributed by atoms with E-state index in [4.69, 9.17) is 9.29 Å². The highest BCUT2D eigenvalue weighted by Crippen LogP contribution is 2.35. The third-order valence-electron chi connectivity index (χ3n) is 4.53. The van der Waals surface area contributed by atoms with E-state index in [1.165, 1.54) is 0 Å². The zero-order valence-electron chi connectivity index (χ0n) is 17.6. The molecule has 174 valence electrons. The quantitative estimate of drug-likeness (QED) is 0.380. The fourth-order valence-electron chi connectivity index (χ4n) is 3.00. The van der Waals surface area contributed by atoms with Crippen LogP contribution in [0.1, 0.15) is 44.3 Å². The van der Waals surface area contributed by atoms with E-state index in [-0.39, 0.29) is 11.1 Å². The number of carbonyl (C=O) groups excluding carboxylic acids is 2. The number of alkyl halides is 3. The maximum absolute atomic E-state index is 13.3. The molecule has 0 bridgehead atoms. The second-order valence-corrected chi connectivity index (χ2v) is 8.99. The van der Waals surface area contributed by atoms with Crippen molar-refractivity contribution < 1.29 is 45.2 Å². The van der Waals surface area contributed by atoms with Crippen molar-refractivity contribution in [2.45, 2.75) is 39.5 Å². The molecule has 0 spiro atoms. The number of esters is 2. The number of rotatable bonds is 6. The summed E-state index contributed by atoms with van der Waals surface area (Å²) in [5, 5.41) is 0. The molecule has 0 aromatic heterocycles. The van der Waals surface area contributed by atoms with Gasteiger partial charge < -0.3 is 9.47 Å². The second kappa shape index (κ2) is 8.91. The van der Waals surface area contributed by atoms with Gasteiger partial charge in [-0.3, -0.25) is 4.55 Å². The molecule has 1 atom stereocenters. The Morgan fingerprint density at radius 2 is 1.38 bits per heavy atom. The predicted molar refractivity (Wildman–Crippen MR) is 108 cm³/mol. The normalized spacial score (nSPS) is 13.9. The van der Waals surface area contributed by atoms with Crippen molar-refractivity contribution in [2.24, 2.45) is 0 Å². The monoisotopic (exact) mass is 474 g/mol. The molecule has 0 amide bonds. The van der Waals surface area contributed by atoms with E-state index >= 15 is 0 Å². The van der Waals surface area contributed by atoms with Gasteiger partial charge in [0, 0.05) is 0 Å². The summed E-state index contributed by atoms with van der Waals surface area (Å²) in [6.07, 6.45) is -5.27. The van der Waals surface area contributed by atoms with Crippen molar-refractivity contribution in [3.05, 3.63) is 64.2 Å². The minimum absolute atomic E-state index is 0.0254. The molecule has 2 aromatic rings. The van der Waals surface area contributed by atoms with E-state index in [0.29, 0.717) is 12.7 Å². The lowest BCUT2D eigenvalue weighted by Gasteiger charge is -2.30. The summed E-state index contributed by atoms with van der Waals surface area (Å²) in [4.78, 5) is 24.6. The smallest absolute Gasteiger partial charge is 0.429 e. The minimum Gasteiger partial charge on any atom is -0.445 e. The molecule has 0 saturated carbocycles. The molecule has 7 nitrogen and oxygen atoms in total. The van der Waals surface area contributed by atoms with Gasteiger partial charge in [-0.25, -0.2) is 9.59 Å². The van der Waals surface area contributed by atoms with Gasteiger partial charge in [0.05, 0.1) is 11.1 Å². The maximum Gasteiger partial charge on any atom is 0.429 e. The third-order valence-corrected chi connectivity index (χ3v) is 5.45. The number of hydrogen-bond donors (Lipinski definition) is 1. The predicted octanol–water partition coefficient (Wildman–Crippen LogP) is 4.20. The molecule has 0 fully saturated rings. The summed E-state index contributed by atoms with van der Waals surface area (Å²) >= 11 is 0. The topological polar surface area (TPSA) is 107 Å². The highest BCUT2D eigenvalue weighted by atomic mass is 32.2. The van der Waals surface area contributed by atoms with Gasteiger partial charge in [0.2, 0.25) is 5.60 Å². The summed E-state index contributed by atoms with van der Waals surface area (Å²) in [5.74, 6) is -3.73. The van der Waals surface area contributed by atoms with Crippen LogP contribution in [-0.2, 0) is 14.9 Å². The third kappa shape index (κ3) is 6.07. The maximum atomic E-state index is 13.3. The summed E-state index contributed by atoms with van der Waals surface area (Å²) < 4.78 is 80.3. The average Bonchev–Trinajstić information content (AvgIpc) is 2.62. The first kappa shape index (κ1) is 25.3. The molecule has 0 saturated heterocycles. The fourth-order valence-corrected chi connectivity index (χ4v) is 3.92. The van der Waals surface area contributed by atoms with Gasteiger partial charge in [0.1, 0.15) is 11.5 Å². The zero-order chi connectivity index (χ0) is 24.5. The fraction of sp³-hybridized carbons (Fsp3) is 0.333. The number of carbonyl (C=O) groups is 2. The zero-order valence-corrected chi connectivity index (χ0v) is 18.4. The van der Waals surface area contributed by atoms with Gasteiger partial charge in [0.15, 0.2) is 0 Å². The van der Waals surface area contributed by atoms with E-state index in [0.717, 1.165) is 41.0 Å². The van der Waals surface area contributed by atoms with Crippen molar-refractivity contribution in [1.82, 2.24) is 0 Å². The number of aryl methyl sites for hydroxylation is 3. The lowest BCUT2D eigenvalue weighted by molar-refractivity contribution is -0.243.